The van der Waals surface area contributed by atoms with Crippen LogP contribution in [0.2, 0.25) is 0 Å². The molecule has 0 heterocycles. The molecule has 5 heteroatoms. The third-order valence-electron chi connectivity index (χ3n) is 4.63. The summed E-state index contributed by atoms with van der Waals surface area (Å²) in [5, 5.41) is 5.47. The van der Waals surface area contributed by atoms with Crippen molar-refractivity contribution >= 4 is 17.5 Å². The van der Waals surface area contributed by atoms with Crippen LogP contribution < -0.4 is 15.4 Å². The summed E-state index contributed by atoms with van der Waals surface area (Å²) in [5.41, 5.74) is 6.07. The first-order valence-corrected chi connectivity index (χ1v) is 9.55. The van der Waals surface area contributed by atoms with Gasteiger partial charge < -0.3 is 15.4 Å². The van der Waals surface area contributed by atoms with Gasteiger partial charge in [-0.1, -0.05) is 43.7 Å². The lowest BCUT2D eigenvalue weighted by Crippen LogP contribution is -2.36. The molecular formula is C23H30N2O3. The smallest absolute Gasteiger partial charge is 0.258 e. The highest BCUT2D eigenvalue weighted by molar-refractivity contribution is 5.95. The molecule has 2 rings (SSSR count). The molecule has 0 aliphatic heterocycles. The van der Waals surface area contributed by atoms with Crippen molar-refractivity contribution in [3.05, 3.63) is 58.1 Å². The Morgan fingerprint density at radius 3 is 2.18 bits per heavy atom. The van der Waals surface area contributed by atoms with Crippen molar-refractivity contribution in [1.29, 1.82) is 0 Å². The van der Waals surface area contributed by atoms with Crippen LogP contribution in [0.4, 0.5) is 5.69 Å². The highest BCUT2D eigenvalue weighted by atomic mass is 16.5. The van der Waals surface area contributed by atoms with E-state index in [0.717, 1.165) is 33.5 Å². The standard InChI is InChI=1S/C23H30N2O3/c1-14(2)19-8-7-16(4)20(11-19)28-13-22(27)24-12-21(26)25-23-17(5)9-15(3)10-18(23)6/h7-11,14H,12-13H2,1-6H3,(H,24,27)(H,25,26). The van der Waals surface area contributed by atoms with Gasteiger partial charge in [0.05, 0.1) is 6.54 Å². The summed E-state index contributed by atoms with van der Waals surface area (Å²) in [6.07, 6.45) is 0. The van der Waals surface area contributed by atoms with E-state index in [1.165, 1.54) is 0 Å². The molecule has 150 valence electrons. The van der Waals surface area contributed by atoms with Crippen molar-refractivity contribution in [3.63, 3.8) is 0 Å². The van der Waals surface area contributed by atoms with Crippen LogP contribution in [0.1, 0.15) is 47.6 Å². The zero-order chi connectivity index (χ0) is 20.8. The van der Waals surface area contributed by atoms with Gasteiger partial charge in [-0.15, -0.1) is 0 Å². The van der Waals surface area contributed by atoms with E-state index < -0.39 is 0 Å². The SMILES string of the molecule is Cc1cc(C)c(NC(=O)CNC(=O)COc2cc(C(C)C)ccc2C)c(C)c1. The fourth-order valence-electron chi connectivity index (χ4n) is 3.07. The van der Waals surface area contributed by atoms with Gasteiger partial charge in [0.25, 0.3) is 5.91 Å². The Bertz CT molecular complexity index is 849. The van der Waals surface area contributed by atoms with E-state index >= 15 is 0 Å². The molecule has 0 aliphatic carbocycles. The van der Waals surface area contributed by atoms with Crippen LogP contribution >= 0.6 is 0 Å². The van der Waals surface area contributed by atoms with Gasteiger partial charge in [-0.25, -0.2) is 0 Å². The van der Waals surface area contributed by atoms with E-state index in [-0.39, 0.29) is 25.0 Å². The Morgan fingerprint density at radius 2 is 1.57 bits per heavy atom. The Labute approximate surface area is 167 Å². The van der Waals surface area contributed by atoms with Crippen molar-refractivity contribution in [2.75, 3.05) is 18.5 Å². The fourth-order valence-corrected chi connectivity index (χ4v) is 3.07. The van der Waals surface area contributed by atoms with Crippen molar-refractivity contribution in [2.45, 2.75) is 47.5 Å². The van der Waals surface area contributed by atoms with E-state index in [2.05, 4.69) is 30.5 Å². The first-order chi connectivity index (χ1) is 13.2. The Kier molecular flexibility index (Phi) is 7.21. The second kappa shape index (κ2) is 9.40. The maximum Gasteiger partial charge on any atom is 0.258 e. The first-order valence-electron chi connectivity index (χ1n) is 9.55. The van der Waals surface area contributed by atoms with Crippen LogP contribution in [-0.2, 0) is 9.59 Å². The predicted molar refractivity (Wildman–Crippen MR) is 113 cm³/mol. The van der Waals surface area contributed by atoms with E-state index in [0.29, 0.717) is 11.7 Å². The van der Waals surface area contributed by atoms with Crippen LogP contribution in [0, 0.1) is 27.7 Å². The summed E-state index contributed by atoms with van der Waals surface area (Å²) in [5.74, 6) is 0.481. The summed E-state index contributed by atoms with van der Waals surface area (Å²) in [6, 6.07) is 10.0. The number of nitrogens with one attached hydrogen (secondary N) is 2. The van der Waals surface area contributed by atoms with Gasteiger partial charge in [0.1, 0.15) is 5.75 Å². The lowest BCUT2D eigenvalue weighted by molar-refractivity contribution is -0.125. The van der Waals surface area contributed by atoms with Gasteiger partial charge >= 0.3 is 0 Å². The zero-order valence-corrected chi connectivity index (χ0v) is 17.6. The third-order valence-corrected chi connectivity index (χ3v) is 4.63. The van der Waals surface area contributed by atoms with Crippen LogP contribution in [0.25, 0.3) is 0 Å². The van der Waals surface area contributed by atoms with E-state index in [9.17, 15) is 9.59 Å². The summed E-state index contributed by atoms with van der Waals surface area (Å²) in [6.45, 7) is 11.9. The number of rotatable bonds is 7. The summed E-state index contributed by atoms with van der Waals surface area (Å²) < 4.78 is 5.65. The highest BCUT2D eigenvalue weighted by Crippen LogP contribution is 2.24. The molecule has 0 unspecified atom stereocenters. The minimum Gasteiger partial charge on any atom is -0.483 e. The molecule has 0 saturated heterocycles. The Hall–Kier alpha value is -2.82. The summed E-state index contributed by atoms with van der Waals surface area (Å²) in [7, 11) is 0. The number of aryl methyl sites for hydroxylation is 4. The quantitative estimate of drug-likeness (QED) is 0.755. The second-order valence-electron chi connectivity index (χ2n) is 7.57. The summed E-state index contributed by atoms with van der Waals surface area (Å²) >= 11 is 0. The number of carbonyl (C=O) groups is 2. The molecule has 0 spiro atoms. The maximum atomic E-state index is 12.2. The minimum absolute atomic E-state index is 0.0973. The topological polar surface area (TPSA) is 67.4 Å². The van der Waals surface area contributed by atoms with Crippen LogP contribution in [0.3, 0.4) is 0 Å². The number of anilines is 1. The maximum absolute atomic E-state index is 12.2. The highest BCUT2D eigenvalue weighted by Gasteiger charge is 2.11. The number of benzene rings is 2. The molecule has 2 aromatic carbocycles. The largest absolute Gasteiger partial charge is 0.483 e. The van der Waals surface area contributed by atoms with Crippen molar-refractivity contribution in [2.24, 2.45) is 0 Å². The van der Waals surface area contributed by atoms with Crippen LogP contribution in [0.5, 0.6) is 5.75 Å². The van der Waals surface area contributed by atoms with Crippen LogP contribution in [0.15, 0.2) is 30.3 Å². The van der Waals surface area contributed by atoms with Crippen molar-refractivity contribution in [1.82, 2.24) is 5.32 Å². The molecule has 0 atom stereocenters. The molecule has 28 heavy (non-hydrogen) atoms. The molecule has 2 aromatic rings. The zero-order valence-electron chi connectivity index (χ0n) is 17.6. The molecule has 0 aromatic heterocycles. The van der Waals surface area contributed by atoms with Gasteiger partial charge in [0, 0.05) is 5.69 Å². The van der Waals surface area contributed by atoms with E-state index in [1.54, 1.807) is 0 Å². The van der Waals surface area contributed by atoms with Gasteiger partial charge in [0.2, 0.25) is 5.91 Å². The number of ether oxygens (including phenoxy) is 1. The van der Waals surface area contributed by atoms with Crippen molar-refractivity contribution in [3.8, 4) is 5.75 Å². The molecule has 0 fully saturated rings. The lowest BCUT2D eigenvalue weighted by atomic mass is 10.0. The number of hydrogen-bond acceptors (Lipinski definition) is 3. The van der Waals surface area contributed by atoms with Gasteiger partial charge in [-0.2, -0.15) is 0 Å². The first kappa shape index (κ1) is 21.5. The number of hydrogen-bond donors (Lipinski definition) is 2. The monoisotopic (exact) mass is 382 g/mol. The lowest BCUT2D eigenvalue weighted by Gasteiger charge is -2.14. The third kappa shape index (κ3) is 5.84. The second-order valence-corrected chi connectivity index (χ2v) is 7.57. The fraction of sp³-hybridized carbons (Fsp3) is 0.391. The molecule has 2 amide bonds. The van der Waals surface area contributed by atoms with E-state index in [4.69, 9.17) is 4.74 Å². The molecule has 5 nitrogen and oxygen atoms in total. The molecule has 0 saturated carbocycles. The minimum atomic E-state index is -0.332. The average Bonchev–Trinajstić information content (AvgIpc) is 2.62. The number of carbonyl (C=O) groups excluding carboxylic acids is 2. The Morgan fingerprint density at radius 1 is 0.929 bits per heavy atom. The van der Waals surface area contributed by atoms with Gasteiger partial charge in [0.15, 0.2) is 6.61 Å². The molecule has 0 bridgehead atoms. The summed E-state index contributed by atoms with van der Waals surface area (Å²) in [4.78, 5) is 24.3. The molecule has 0 radical (unpaired) electrons. The predicted octanol–water partition coefficient (Wildman–Crippen LogP) is 4.18. The average molecular weight is 383 g/mol. The molecule has 2 N–H and O–H groups in total. The van der Waals surface area contributed by atoms with Crippen molar-refractivity contribution < 1.29 is 14.3 Å². The molecule has 0 aliphatic rings. The molecular weight excluding hydrogens is 352 g/mol. The van der Waals surface area contributed by atoms with Crippen LogP contribution in [-0.4, -0.2) is 25.0 Å². The van der Waals surface area contributed by atoms with Gasteiger partial charge in [-0.05, 0) is 61.9 Å². The number of amides is 2. The van der Waals surface area contributed by atoms with E-state index in [1.807, 2.05) is 52.0 Å². The Balaban J connectivity index is 1.86. The normalized spacial score (nSPS) is 10.7. The van der Waals surface area contributed by atoms with Gasteiger partial charge in [-0.3, -0.25) is 9.59 Å².